The third-order valence-electron chi connectivity index (χ3n) is 1.36. The topological polar surface area (TPSA) is 18.5 Å². The fourth-order valence-electron chi connectivity index (χ4n) is 0.796. The van der Waals surface area contributed by atoms with Crippen molar-refractivity contribution in [1.82, 2.24) is 0 Å². The molecule has 72 valence electrons. The second-order valence-electron chi connectivity index (χ2n) is 2.27. The molecule has 0 aliphatic carbocycles. The molecule has 0 amide bonds. The Kier molecular flexibility index (Phi) is 2.77. The Morgan fingerprint density at radius 1 is 1.08 bits per heavy atom. The van der Waals surface area contributed by atoms with Gasteiger partial charge in [-0.3, -0.25) is 0 Å². The van der Waals surface area contributed by atoms with Crippen molar-refractivity contribution in [2.75, 3.05) is 7.11 Å². The van der Waals surface area contributed by atoms with Gasteiger partial charge in [-0.15, -0.1) is 0 Å². The van der Waals surface area contributed by atoms with Gasteiger partial charge in [-0.25, -0.2) is 0 Å². The quantitative estimate of drug-likeness (QED) is 0.529. The van der Waals surface area contributed by atoms with Gasteiger partial charge >= 0.3 is 6.18 Å². The molecule has 5 heteroatoms. The molecule has 2 nitrogen and oxygen atoms in total. The van der Waals surface area contributed by atoms with E-state index in [1.165, 1.54) is 19.2 Å². The molecule has 1 aromatic carbocycles. The first-order valence-electron chi connectivity index (χ1n) is 3.42. The Balaban J connectivity index is 2.81. The van der Waals surface area contributed by atoms with Crippen molar-refractivity contribution in [3.05, 3.63) is 29.8 Å². The highest BCUT2D eigenvalue weighted by atomic mass is 19.4. The monoisotopic (exact) mass is 192 g/mol. The lowest BCUT2D eigenvalue weighted by Gasteiger charge is -2.06. The van der Waals surface area contributed by atoms with E-state index >= 15 is 0 Å². The number of halogens is 3. The molecule has 0 fully saturated rings. The predicted molar refractivity (Wildman–Crippen MR) is 39.1 cm³/mol. The molecular formula is C8H7F3O2. The zero-order valence-corrected chi connectivity index (χ0v) is 6.76. The van der Waals surface area contributed by atoms with E-state index in [4.69, 9.17) is 0 Å². The second-order valence-corrected chi connectivity index (χ2v) is 2.27. The molecule has 0 unspecified atom stereocenters. The van der Waals surface area contributed by atoms with Crippen molar-refractivity contribution in [3.63, 3.8) is 0 Å². The first-order valence-corrected chi connectivity index (χ1v) is 3.42. The van der Waals surface area contributed by atoms with Gasteiger partial charge < -0.3 is 4.89 Å². The summed E-state index contributed by atoms with van der Waals surface area (Å²) in [6.07, 6.45) is -4.31. The van der Waals surface area contributed by atoms with Gasteiger partial charge in [-0.1, -0.05) is 0 Å². The molecule has 0 bridgehead atoms. The number of alkyl halides is 3. The van der Waals surface area contributed by atoms with Crippen LogP contribution in [-0.4, -0.2) is 7.11 Å². The van der Waals surface area contributed by atoms with Crippen LogP contribution in [0.5, 0.6) is 5.75 Å². The van der Waals surface area contributed by atoms with Crippen LogP contribution >= 0.6 is 0 Å². The van der Waals surface area contributed by atoms with Gasteiger partial charge in [0.2, 0.25) is 0 Å². The minimum Gasteiger partial charge on any atom is -0.338 e. The fourth-order valence-corrected chi connectivity index (χ4v) is 0.796. The zero-order chi connectivity index (χ0) is 9.90. The maximum atomic E-state index is 12.0. The van der Waals surface area contributed by atoms with Gasteiger partial charge in [0, 0.05) is 0 Å². The molecule has 1 rings (SSSR count). The second kappa shape index (κ2) is 3.66. The lowest BCUT2D eigenvalue weighted by molar-refractivity contribution is -0.178. The molecule has 0 aromatic heterocycles. The lowest BCUT2D eigenvalue weighted by Crippen LogP contribution is -2.04. The summed E-state index contributed by atoms with van der Waals surface area (Å²) in [5, 5.41) is 0. The summed E-state index contributed by atoms with van der Waals surface area (Å²) in [6, 6.07) is 4.22. The van der Waals surface area contributed by atoms with Gasteiger partial charge in [0.1, 0.15) is 0 Å². The minimum absolute atomic E-state index is 0.232. The van der Waals surface area contributed by atoms with E-state index in [2.05, 4.69) is 9.78 Å². The van der Waals surface area contributed by atoms with Crippen LogP contribution in [0.4, 0.5) is 13.2 Å². The highest BCUT2D eigenvalue weighted by Gasteiger charge is 2.29. The van der Waals surface area contributed by atoms with E-state index in [1.54, 1.807) is 0 Å². The highest BCUT2D eigenvalue weighted by Crippen LogP contribution is 2.30. The molecule has 1 aromatic rings. The van der Waals surface area contributed by atoms with Gasteiger partial charge in [0.25, 0.3) is 0 Å². The maximum absolute atomic E-state index is 12.0. The van der Waals surface area contributed by atoms with Gasteiger partial charge in [0.05, 0.1) is 12.7 Å². The average Bonchev–Trinajstić information content (AvgIpc) is 2.04. The molecule has 0 radical (unpaired) electrons. The molecule has 0 N–H and O–H groups in total. The molecular weight excluding hydrogens is 185 g/mol. The van der Waals surface area contributed by atoms with Gasteiger partial charge in [-0.2, -0.15) is 18.1 Å². The van der Waals surface area contributed by atoms with E-state index in [0.717, 1.165) is 12.1 Å². The van der Waals surface area contributed by atoms with Crippen LogP contribution < -0.4 is 4.89 Å². The Labute approximate surface area is 72.8 Å². The van der Waals surface area contributed by atoms with Gasteiger partial charge in [-0.05, 0) is 24.3 Å². The van der Waals surface area contributed by atoms with Crippen LogP contribution in [0.25, 0.3) is 0 Å². The maximum Gasteiger partial charge on any atom is 0.416 e. The third kappa shape index (κ3) is 2.62. The SMILES string of the molecule is COOc1ccc(C(F)(F)F)cc1. The summed E-state index contributed by atoms with van der Waals surface area (Å²) in [5.74, 6) is 0.232. The molecule has 0 saturated heterocycles. The van der Waals surface area contributed by atoms with Crippen LogP contribution in [-0.2, 0) is 11.1 Å². The van der Waals surface area contributed by atoms with Crippen molar-refractivity contribution in [3.8, 4) is 5.75 Å². The minimum atomic E-state index is -4.31. The number of rotatable bonds is 2. The third-order valence-corrected chi connectivity index (χ3v) is 1.36. The van der Waals surface area contributed by atoms with Crippen molar-refractivity contribution in [1.29, 1.82) is 0 Å². The first-order chi connectivity index (χ1) is 6.04. The van der Waals surface area contributed by atoms with E-state index in [0.29, 0.717) is 0 Å². The Morgan fingerprint density at radius 3 is 2.00 bits per heavy atom. The van der Waals surface area contributed by atoms with Crippen LogP contribution in [0.3, 0.4) is 0 Å². The summed E-state index contributed by atoms with van der Waals surface area (Å²) in [7, 11) is 1.28. The summed E-state index contributed by atoms with van der Waals surface area (Å²) in [6.45, 7) is 0. The highest BCUT2D eigenvalue weighted by molar-refractivity contribution is 5.28. The number of hydrogen-bond acceptors (Lipinski definition) is 2. The number of benzene rings is 1. The van der Waals surface area contributed by atoms with E-state index in [1.807, 2.05) is 0 Å². The van der Waals surface area contributed by atoms with Crippen molar-refractivity contribution in [2.45, 2.75) is 6.18 Å². The van der Waals surface area contributed by atoms with Crippen LogP contribution in [0.15, 0.2) is 24.3 Å². The predicted octanol–water partition coefficient (Wildman–Crippen LogP) is 2.65. The smallest absolute Gasteiger partial charge is 0.338 e. The van der Waals surface area contributed by atoms with Crippen molar-refractivity contribution < 1.29 is 22.9 Å². The molecule has 0 aliphatic heterocycles. The average molecular weight is 192 g/mol. The standard InChI is InChI=1S/C8H7F3O2/c1-12-13-7-4-2-6(3-5-7)8(9,10)11/h2-5H,1H3. The van der Waals surface area contributed by atoms with Gasteiger partial charge in [0.15, 0.2) is 5.75 Å². The van der Waals surface area contributed by atoms with Crippen molar-refractivity contribution >= 4 is 0 Å². The molecule has 0 heterocycles. The normalized spacial score (nSPS) is 11.4. The molecule has 13 heavy (non-hydrogen) atoms. The first kappa shape index (κ1) is 9.85. The zero-order valence-electron chi connectivity index (χ0n) is 6.76. The Hall–Kier alpha value is -1.23. The van der Waals surface area contributed by atoms with E-state index in [-0.39, 0.29) is 5.75 Å². The molecule has 0 aliphatic rings. The Morgan fingerprint density at radius 2 is 1.62 bits per heavy atom. The fraction of sp³-hybridized carbons (Fsp3) is 0.250. The number of hydrogen-bond donors (Lipinski definition) is 0. The summed E-state index contributed by atoms with van der Waals surface area (Å²) in [5.41, 5.74) is -0.712. The summed E-state index contributed by atoms with van der Waals surface area (Å²) < 4.78 is 36.1. The molecule has 0 atom stereocenters. The van der Waals surface area contributed by atoms with E-state index in [9.17, 15) is 13.2 Å². The van der Waals surface area contributed by atoms with Crippen LogP contribution in [0, 0.1) is 0 Å². The lowest BCUT2D eigenvalue weighted by atomic mass is 10.2. The Bertz CT molecular complexity index is 266. The summed E-state index contributed by atoms with van der Waals surface area (Å²) >= 11 is 0. The summed E-state index contributed by atoms with van der Waals surface area (Å²) in [4.78, 5) is 8.78. The molecule has 0 saturated carbocycles. The van der Waals surface area contributed by atoms with Crippen molar-refractivity contribution in [2.24, 2.45) is 0 Å². The van der Waals surface area contributed by atoms with Crippen LogP contribution in [0.1, 0.15) is 5.56 Å². The van der Waals surface area contributed by atoms with E-state index < -0.39 is 11.7 Å². The molecule has 0 spiro atoms. The largest absolute Gasteiger partial charge is 0.416 e. The van der Waals surface area contributed by atoms with Crippen LogP contribution in [0.2, 0.25) is 0 Å².